The van der Waals surface area contributed by atoms with Crippen molar-refractivity contribution in [3.8, 4) is 5.75 Å². The largest absolute Gasteiger partial charge is 0.507 e. The Labute approximate surface area is 102 Å². The molecule has 0 atom stereocenters. The van der Waals surface area contributed by atoms with Gasteiger partial charge in [-0.3, -0.25) is 4.79 Å². The minimum atomic E-state index is -0.178. The maximum absolute atomic E-state index is 11.9. The van der Waals surface area contributed by atoms with Crippen LogP contribution in [0.25, 0.3) is 0 Å². The second-order valence-corrected chi connectivity index (χ2v) is 5.06. The topological polar surface area (TPSA) is 49.3 Å². The van der Waals surface area contributed by atoms with Gasteiger partial charge in [0.15, 0.2) is 0 Å². The highest BCUT2D eigenvalue weighted by molar-refractivity contribution is 5.96. The lowest BCUT2D eigenvalue weighted by Crippen LogP contribution is -2.30. The van der Waals surface area contributed by atoms with Crippen LogP contribution in [0.4, 0.5) is 0 Å². The van der Waals surface area contributed by atoms with E-state index in [0.717, 1.165) is 18.5 Å². The fraction of sp³-hybridized carbons (Fsp3) is 0.500. The van der Waals surface area contributed by atoms with Crippen LogP contribution in [0, 0.1) is 12.3 Å². The monoisotopic (exact) mass is 233 g/mol. The summed E-state index contributed by atoms with van der Waals surface area (Å²) in [6, 6.07) is 5.12. The second-order valence-electron chi connectivity index (χ2n) is 5.06. The quantitative estimate of drug-likeness (QED) is 0.839. The molecule has 1 aromatic rings. The van der Waals surface area contributed by atoms with Crippen LogP contribution in [-0.2, 0) is 0 Å². The predicted molar refractivity (Wildman–Crippen MR) is 67.1 cm³/mol. The number of benzene rings is 1. The van der Waals surface area contributed by atoms with Gasteiger partial charge in [0.2, 0.25) is 0 Å². The van der Waals surface area contributed by atoms with E-state index >= 15 is 0 Å². The van der Waals surface area contributed by atoms with Gasteiger partial charge in [0.1, 0.15) is 5.75 Å². The Balaban J connectivity index is 2.00. The number of amides is 1. The minimum Gasteiger partial charge on any atom is -0.507 e. The number of nitrogens with one attached hydrogen (secondary N) is 1. The molecule has 1 aliphatic carbocycles. The fourth-order valence-electron chi connectivity index (χ4n) is 2.03. The van der Waals surface area contributed by atoms with Gasteiger partial charge in [-0.2, -0.15) is 0 Å². The maximum Gasteiger partial charge on any atom is 0.255 e. The van der Waals surface area contributed by atoms with E-state index < -0.39 is 0 Å². The summed E-state index contributed by atoms with van der Waals surface area (Å²) < 4.78 is 0. The van der Waals surface area contributed by atoms with Gasteiger partial charge in [0.05, 0.1) is 5.56 Å². The van der Waals surface area contributed by atoms with Crippen molar-refractivity contribution in [1.29, 1.82) is 0 Å². The molecule has 0 heterocycles. The van der Waals surface area contributed by atoms with Gasteiger partial charge in [-0.25, -0.2) is 0 Å². The van der Waals surface area contributed by atoms with Crippen molar-refractivity contribution in [2.24, 2.45) is 5.41 Å². The summed E-state index contributed by atoms with van der Waals surface area (Å²) in [5.74, 6) is -0.119. The van der Waals surface area contributed by atoms with E-state index in [1.807, 2.05) is 13.0 Å². The third-order valence-electron chi connectivity index (χ3n) is 3.73. The molecule has 0 spiro atoms. The van der Waals surface area contributed by atoms with Crippen LogP contribution in [-0.4, -0.2) is 17.6 Å². The molecule has 1 aliphatic rings. The first-order valence-corrected chi connectivity index (χ1v) is 6.14. The number of hydrogen-bond donors (Lipinski definition) is 2. The minimum absolute atomic E-state index is 0.0591. The lowest BCUT2D eigenvalue weighted by atomic mass is 10.0. The Kier molecular flexibility index (Phi) is 3.09. The Bertz CT molecular complexity index is 436. The number of carbonyl (C=O) groups excluding carboxylic acids is 1. The molecule has 0 unspecified atom stereocenters. The van der Waals surface area contributed by atoms with Crippen molar-refractivity contribution < 1.29 is 9.90 Å². The van der Waals surface area contributed by atoms with Gasteiger partial charge < -0.3 is 10.4 Å². The highest BCUT2D eigenvalue weighted by Gasteiger charge is 2.40. The number of hydrogen-bond acceptors (Lipinski definition) is 2. The summed E-state index contributed by atoms with van der Waals surface area (Å²) in [7, 11) is 0. The number of carbonyl (C=O) groups is 1. The van der Waals surface area contributed by atoms with Crippen LogP contribution < -0.4 is 5.32 Å². The Morgan fingerprint density at radius 1 is 1.47 bits per heavy atom. The van der Waals surface area contributed by atoms with Crippen LogP contribution in [0.5, 0.6) is 5.75 Å². The van der Waals surface area contributed by atoms with E-state index in [1.54, 1.807) is 12.1 Å². The summed E-state index contributed by atoms with van der Waals surface area (Å²) in [6.45, 7) is 4.76. The maximum atomic E-state index is 11.9. The predicted octanol–water partition coefficient (Wildman–Crippen LogP) is 2.62. The van der Waals surface area contributed by atoms with Crippen molar-refractivity contribution in [2.75, 3.05) is 6.54 Å². The van der Waals surface area contributed by atoms with Crippen molar-refractivity contribution in [3.63, 3.8) is 0 Å². The molecule has 3 heteroatoms. The highest BCUT2D eigenvalue weighted by Crippen LogP contribution is 2.47. The molecule has 17 heavy (non-hydrogen) atoms. The molecule has 2 rings (SSSR count). The lowest BCUT2D eigenvalue weighted by molar-refractivity contribution is 0.0941. The van der Waals surface area contributed by atoms with Gasteiger partial charge in [-0.1, -0.05) is 13.0 Å². The van der Waals surface area contributed by atoms with E-state index in [2.05, 4.69) is 12.2 Å². The van der Waals surface area contributed by atoms with Crippen LogP contribution in [0.3, 0.4) is 0 Å². The Morgan fingerprint density at radius 3 is 2.71 bits per heavy atom. The van der Waals surface area contributed by atoms with Crippen molar-refractivity contribution >= 4 is 5.91 Å². The molecule has 0 saturated heterocycles. The first kappa shape index (κ1) is 12.0. The van der Waals surface area contributed by atoms with E-state index in [4.69, 9.17) is 0 Å². The number of phenolic OH excluding ortho intramolecular Hbond substituents is 1. The normalized spacial score (nSPS) is 16.6. The summed E-state index contributed by atoms with van der Waals surface area (Å²) >= 11 is 0. The third kappa shape index (κ3) is 2.60. The molecule has 0 radical (unpaired) electrons. The number of aromatic hydroxyl groups is 1. The molecule has 0 bridgehead atoms. The zero-order chi connectivity index (χ0) is 12.5. The molecule has 1 amide bonds. The molecule has 2 N–H and O–H groups in total. The molecule has 0 aliphatic heterocycles. The van der Waals surface area contributed by atoms with Crippen molar-refractivity contribution in [2.45, 2.75) is 33.1 Å². The van der Waals surface area contributed by atoms with Gasteiger partial charge in [-0.05, 0) is 49.3 Å². The molecular formula is C14H19NO2. The van der Waals surface area contributed by atoms with Crippen LogP contribution in [0.15, 0.2) is 18.2 Å². The summed E-state index contributed by atoms with van der Waals surface area (Å²) in [4.78, 5) is 11.9. The van der Waals surface area contributed by atoms with Gasteiger partial charge in [-0.15, -0.1) is 0 Å². The zero-order valence-electron chi connectivity index (χ0n) is 10.4. The summed E-state index contributed by atoms with van der Waals surface area (Å²) in [5.41, 5.74) is 1.64. The van der Waals surface area contributed by atoms with Crippen LogP contribution in [0.2, 0.25) is 0 Å². The van der Waals surface area contributed by atoms with E-state index in [-0.39, 0.29) is 11.7 Å². The summed E-state index contributed by atoms with van der Waals surface area (Å²) in [6.07, 6.45) is 3.50. The van der Waals surface area contributed by atoms with E-state index in [0.29, 0.717) is 11.0 Å². The molecule has 1 saturated carbocycles. The van der Waals surface area contributed by atoms with Crippen molar-refractivity contribution in [1.82, 2.24) is 5.32 Å². The number of phenols is 1. The Morgan fingerprint density at radius 2 is 2.18 bits per heavy atom. The molecule has 92 valence electrons. The lowest BCUT2D eigenvalue weighted by Gasteiger charge is -2.14. The van der Waals surface area contributed by atoms with Gasteiger partial charge in [0, 0.05) is 6.54 Å². The average Bonchev–Trinajstić information content (AvgIpc) is 3.07. The first-order valence-electron chi connectivity index (χ1n) is 6.14. The molecule has 1 fully saturated rings. The number of aryl methyl sites for hydroxylation is 1. The molecule has 1 aromatic carbocycles. The highest BCUT2D eigenvalue weighted by atomic mass is 16.3. The SMILES string of the molecule is CCC1(CNC(=O)c2ccc(C)cc2O)CC1. The fourth-order valence-corrected chi connectivity index (χ4v) is 2.03. The molecule has 3 nitrogen and oxygen atoms in total. The standard InChI is InChI=1S/C14H19NO2/c1-3-14(6-7-14)9-15-13(17)11-5-4-10(2)8-12(11)16/h4-5,8,16H,3,6-7,9H2,1-2H3,(H,15,17). The van der Waals surface area contributed by atoms with Gasteiger partial charge >= 0.3 is 0 Å². The number of rotatable bonds is 4. The van der Waals surface area contributed by atoms with Crippen molar-refractivity contribution in [3.05, 3.63) is 29.3 Å². The van der Waals surface area contributed by atoms with Crippen LogP contribution >= 0.6 is 0 Å². The first-order chi connectivity index (χ1) is 8.06. The average molecular weight is 233 g/mol. The Hall–Kier alpha value is -1.51. The summed E-state index contributed by atoms with van der Waals surface area (Å²) in [5, 5.41) is 12.6. The zero-order valence-corrected chi connectivity index (χ0v) is 10.4. The smallest absolute Gasteiger partial charge is 0.255 e. The van der Waals surface area contributed by atoms with E-state index in [9.17, 15) is 9.90 Å². The van der Waals surface area contributed by atoms with Crippen LogP contribution in [0.1, 0.15) is 42.1 Å². The van der Waals surface area contributed by atoms with E-state index in [1.165, 1.54) is 12.8 Å². The molecule has 0 aromatic heterocycles. The van der Waals surface area contributed by atoms with Gasteiger partial charge in [0.25, 0.3) is 5.91 Å². The molecular weight excluding hydrogens is 214 g/mol. The third-order valence-corrected chi connectivity index (χ3v) is 3.73. The second kappa shape index (κ2) is 4.40.